The van der Waals surface area contributed by atoms with Crippen LogP contribution in [0, 0.1) is 0 Å². The van der Waals surface area contributed by atoms with Crippen LogP contribution in [0.25, 0.3) is 0 Å². The normalized spacial score (nSPS) is 11.3. The standard InChI is InChI=1S/C9H14N2O3S/c1-14-9-4-3-8(10)5-7(9)6-11-15(2,12)13/h3-5,11H,6,10H2,1-2H3. The summed E-state index contributed by atoms with van der Waals surface area (Å²) in [6, 6.07) is 5.08. The van der Waals surface area contributed by atoms with Gasteiger partial charge in [-0.3, -0.25) is 0 Å². The van der Waals surface area contributed by atoms with E-state index in [1.165, 1.54) is 7.11 Å². The molecule has 1 aromatic carbocycles. The predicted octanol–water partition coefficient (Wildman–Crippen LogP) is 0.327. The molecule has 0 aliphatic heterocycles. The van der Waals surface area contributed by atoms with E-state index in [2.05, 4.69) is 4.72 Å². The molecule has 5 nitrogen and oxygen atoms in total. The molecular weight excluding hydrogens is 216 g/mol. The molecule has 6 heteroatoms. The Morgan fingerprint density at radius 2 is 2.13 bits per heavy atom. The van der Waals surface area contributed by atoms with Gasteiger partial charge in [-0.05, 0) is 18.2 Å². The third-order valence-electron chi connectivity index (χ3n) is 1.83. The van der Waals surface area contributed by atoms with Crippen LogP contribution in [0.4, 0.5) is 5.69 Å². The molecule has 0 unspecified atom stereocenters. The molecule has 0 radical (unpaired) electrons. The van der Waals surface area contributed by atoms with Crippen molar-refractivity contribution in [2.75, 3.05) is 19.1 Å². The van der Waals surface area contributed by atoms with Gasteiger partial charge < -0.3 is 10.5 Å². The van der Waals surface area contributed by atoms with Crippen LogP contribution >= 0.6 is 0 Å². The molecule has 0 atom stereocenters. The van der Waals surface area contributed by atoms with Crippen molar-refractivity contribution in [3.63, 3.8) is 0 Å². The molecule has 0 aliphatic carbocycles. The number of nitrogen functional groups attached to an aromatic ring is 1. The summed E-state index contributed by atoms with van der Waals surface area (Å²) in [5.74, 6) is 0.611. The third-order valence-corrected chi connectivity index (χ3v) is 2.50. The van der Waals surface area contributed by atoms with E-state index in [0.29, 0.717) is 17.0 Å². The minimum Gasteiger partial charge on any atom is -0.496 e. The molecule has 0 aromatic heterocycles. The lowest BCUT2D eigenvalue weighted by Gasteiger charge is -2.09. The Bertz CT molecular complexity index is 443. The van der Waals surface area contributed by atoms with Gasteiger partial charge in [0, 0.05) is 17.8 Å². The van der Waals surface area contributed by atoms with Crippen LogP contribution in [0.3, 0.4) is 0 Å². The maximum Gasteiger partial charge on any atom is 0.209 e. The van der Waals surface area contributed by atoms with Crippen LogP contribution in [-0.2, 0) is 16.6 Å². The number of nitrogens with two attached hydrogens (primary N) is 1. The number of hydrogen-bond acceptors (Lipinski definition) is 4. The Hall–Kier alpha value is -1.27. The second kappa shape index (κ2) is 4.50. The summed E-state index contributed by atoms with van der Waals surface area (Å²) in [6.45, 7) is 0.174. The highest BCUT2D eigenvalue weighted by molar-refractivity contribution is 7.88. The highest BCUT2D eigenvalue weighted by Gasteiger charge is 2.06. The number of nitrogens with one attached hydrogen (secondary N) is 1. The molecule has 3 N–H and O–H groups in total. The lowest BCUT2D eigenvalue weighted by molar-refractivity contribution is 0.409. The highest BCUT2D eigenvalue weighted by atomic mass is 32.2. The van der Waals surface area contributed by atoms with Crippen molar-refractivity contribution in [1.82, 2.24) is 4.72 Å². The van der Waals surface area contributed by atoms with Crippen molar-refractivity contribution in [2.24, 2.45) is 0 Å². The van der Waals surface area contributed by atoms with Gasteiger partial charge in [-0.1, -0.05) is 0 Å². The van der Waals surface area contributed by atoms with Gasteiger partial charge in [0.2, 0.25) is 10.0 Å². The maximum atomic E-state index is 10.9. The first kappa shape index (κ1) is 11.8. The average Bonchev–Trinajstić information content (AvgIpc) is 2.14. The molecule has 0 spiro atoms. The summed E-state index contributed by atoms with van der Waals surface area (Å²) < 4.78 is 29.3. The minimum atomic E-state index is -3.21. The Morgan fingerprint density at radius 1 is 1.47 bits per heavy atom. The van der Waals surface area contributed by atoms with Gasteiger partial charge in [0.05, 0.1) is 13.4 Å². The molecule has 0 saturated carbocycles. The van der Waals surface area contributed by atoms with Gasteiger partial charge in [-0.15, -0.1) is 0 Å². The number of rotatable bonds is 4. The summed E-state index contributed by atoms with van der Waals surface area (Å²) in [5, 5.41) is 0. The van der Waals surface area contributed by atoms with Crippen molar-refractivity contribution >= 4 is 15.7 Å². The molecule has 84 valence electrons. The van der Waals surface area contributed by atoms with Crippen molar-refractivity contribution in [1.29, 1.82) is 0 Å². The van der Waals surface area contributed by atoms with E-state index in [9.17, 15) is 8.42 Å². The zero-order valence-corrected chi connectivity index (χ0v) is 9.47. The topological polar surface area (TPSA) is 81.4 Å². The predicted molar refractivity (Wildman–Crippen MR) is 59.1 cm³/mol. The number of sulfonamides is 1. The van der Waals surface area contributed by atoms with Crippen LogP contribution in [0.2, 0.25) is 0 Å². The summed E-state index contributed by atoms with van der Waals surface area (Å²) >= 11 is 0. The van der Waals surface area contributed by atoms with Gasteiger partial charge in [0.25, 0.3) is 0 Å². The van der Waals surface area contributed by atoms with E-state index in [1.807, 2.05) is 0 Å². The lowest BCUT2D eigenvalue weighted by atomic mass is 10.2. The molecule has 1 aromatic rings. The Morgan fingerprint density at radius 3 is 2.67 bits per heavy atom. The lowest BCUT2D eigenvalue weighted by Crippen LogP contribution is -2.21. The first-order valence-electron chi connectivity index (χ1n) is 4.29. The Balaban J connectivity index is 2.88. The summed E-state index contributed by atoms with van der Waals surface area (Å²) in [5.41, 5.74) is 6.87. The summed E-state index contributed by atoms with van der Waals surface area (Å²) in [7, 11) is -1.68. The van der Waals surface area contributed by atoms with Crippen molar-refractivity contribution < 1.29 is 13.2 Å². The van der Waals surface area contributed by atoms with E-state index >= 15 is 0 Å². The minimum absolute atomic E-state index is 0.174. The summed E-state index contributed by atoms with van der Waals surface area (Å²) in [4.78, 5) is 0. The van der Waals surface area contributed by atoms with Gasteiger partial charge in [0.15, 0.2) is 0 Å². The first-order chi connectivity index (χ1) is 6.92. The second-order valence-electron chi connectivity index (χ2n) is 3.16. The molecule has 1 rings (SSSR count). The maximum absolute atomic E-state index is 10.9. The molecular formula is C9H14N2O3S. The fourth-order valence-electron chi connectivity index (χ4n) is 1.15. The van der Waals surface area contributed by atoms with E-state index < -0.39 is 10.0 Å². The van der Waals surface area contributed by atoms with Crippen molar-refractivity contribution in [2.45, 2.75) is 6.54 Å². The van der Waals surface area contributed by atoms with Crippen molar-refractivity contribution in [3.05, 3.63) is 23.8 Å². The number of ether oxygens (including phenoxy) is 1. The average molecular weight is 230 g/mol. The van der Waals surface area contributed by atoms with Crippen LogP contribution < -0.4 is 15.2 Å². The Kier molecular flexibility index (Phi) is 3.54. The number of methoxy groups -OCH3 is 1. The molecule has 0 amide bonds. The zero-order chi connectivity index (χ0) is 11.5. The van der Waals surface area contributed by atoms with E-state index in [4.69, 9.17) is 10.5 Å². The van der Waals surface area contributed by atoms with Crippen LogP contribution in [0.15, 0.2) is 18.2 Å². The molecule has 15 heavy (non-hydrogen) atoms. The smallest absolute Gasteiger partial charge is 0.209 e. The number of hydrogen-bond donors (Lipinski definition) is 2. The van der Waals surface area contributed by atoms with Crippen LogP contribution in [0.1, 0.15) is 5.56 Å². The zero-order valence-electron chi connectivity index (χ0n) is 8.65. The molecule has 0 fully saturated rings. The summed E-state index contributed by atoms with van der Waals surface area (Å²) in [6.07, 6.45) is 1.10. The first-order valence-corrected chi connectivity index (χ1v) is 6.18. The van der Waals surface area contributed by atoms with Crippen molar-refractivity contribution in [3.8, 4) is 5.75 Å². The fraction of sp³-hybridized carbons (Fsp3) is 0.333. The van der Waals surface area contributed by atoms with Gasteiger partial charge in [-0.25, -0.2) is 13.1 Å². The van der Waals surface area contributed by atoms with Crippen LogP contribution in [-0.4, -0.2) is 21.8 Å². The molecule has 0 heterocycles. The highest BCUT2D eigenvalue weighted by Crippen LogP contribution is 2.20. The van der Waals surface area contributed by atoms with Gasteiger partial charge in [-0.2, -0.15) is 0 Å². The number of anilines is 1. The molecule has 0 saturated heterocycles. The monoisotopic (exact) mass is 230 g/mol. The van der Waals surface area contributed by atoms with E-state index in [1.54, 1.807) is 18.2 Å². The Labute approximate surface area is 89.3 Å². The van der Waals surface area contributed by atoms with E-state index in [0.717, 1.165) is 6.26 Å². The quantitative estimate of drug-likeness (QED) is 0.730. The SMILES string of the molecule is COc1ccc(N)cc1CNS(C)(=O)=O. The molecule has 0 aliphatic rings. The number of benzene rings is 1. The third kappa shape index (κ3) is 3.77. The molecule has 0 bridgehead atoms. The van der Waals surface area contributed by atoms with E-state index in [-0.39, 0.29) is 6.54 Å². The van der Waals surface area contributed by atoms with Crippen LogP contribution in [0.5, 0.6) is 5.75 Å². The van der Waals surface area contributed by atoms with Gasteiger partial charge in [0.1, 0.15) is 5.75 Å². The van der Waals surface area contributed by atoms with Gasteiger partial charge >= 0.3 is 0 Å². The second-order valence-corrected chi connectivity index (χ2v) is 5.00. The fourth-order valence-corrected chi connectivity index (χ4v) is 1.56. The largest absolute Gasteiger partial charge is 0.496 e.